The topological polar surface area (TPSA) is 66.4 Å². The van der Waals surface area contributed by atoms with Gasteiger partial charge in [0.25, 0.3) is 0 Å². The van der Waals surface area contributed by atoms with Gasteiger partial charge in [-0.1, -0.05) is 0 Å². The van der Waals surface area contributed by atoms with Gasteiger partial charge in [-0.3, -0.25) is 9.59 Å². The number of carbonyl (C=O) groups is 2. The zero-order valence-corrected chi connectivity index (χ0v) is 11.1. The molecule has 0 aromatic heterocycles. The summed E-state index contributed by atoms with van der Waals surface area (Å²) in [7, 11) is 0. The molecule has 0 bridgehead atoms. The lowest BCUT2D eigenvalue weighted by Gasteiger charge is -2.04. The molecule has 0 unspecified atom stereocenters. The van der Waals surface area contributed by atoms with E-state index in [1.165, 1.54) is 6.92 Å². The Labute approximate surface area is 111 Å². The smallest absolute Gasteiger partial charge is 0.303 e. The highest BCUT2D eigenvalue weighted by atomic mass is 32.2. The SMILES string of the molecule is CC(=O)Nc1ccc(SCCCCC(=O)O)cc1. The van der Waals surface area contributed by atoms with Gasteiger partial charge in [-0.25, -0.2) is 0 Å². The van der Waals surface area contributed by atoms with Crippen molar-refractivity contribution < 1.29 is 14.7 Å². The molecule has 0 fully saturated rings. The predicted molar refractivity (Wildman–Crippen MR) is 73.0 cm³/mol. The number of thioether (sulfide) groups is 1. The molecule has 0 aliphatic rings. The number of hydrogen-bond donors (Lipinski definition) is 2. The summed E-state index contributed by atoms with van der Waals surface area (Å²) in [5.74, 6) is 0.0935. The van der Waals surface area contributed by atoms with Gasteiger partial charge in [-0.15, -0.1) is 11.8 Å². The number of unbranched alkanes of at least 4 members (excludes halogenated alkanes) is 1. The van der Waals surface area contributed by atoms with Crippen molar-refractivity contribution >= 4 is 29.3 Å². The monoisotopic (exact) mass is 267 g/mol. The number of carbonyl (C=O) groups excluding carboxylic acids is 1. The van der Waals surface area contributed by atoms with E-state index >= 15 is 0 Å². The van der Waals surface area contributed by atoms with Crippen molar-refractivity contribution in [3.63, 3.8) is 0 Å². The molecule has 2 N–H and O–H groups in total. The lowest BCUT2D eigenvalue weighted by atomic mass is 10.2. The quantitative estimate of drug-likeness (QED) is 0.588. The van der Waals surface area contributed by atoms with Crippen LogP contribution in [-0.2, 0) is 9.59 Å². The molecule has 4 nitrogen and oxygen atoms in total. The largest absolute Gasteiger partial charge is 0.481 e. The molecule has 1 aromatic carbocycles. The van der Waals surface area contributed by atoms with Crippen LogP contribution < -0.4 is 5.32 Å². The van der Waals surface area contributed by atoms with Crippen molar-refractivity contribution in [3.05, 3.63) is 24.3 Å². The van der Waals surface area contributed by atoms with Crippen LogP contribution in [0.15, 0.2) is 29.2 Å². The van der Waals surface area contributed by atoms with Crippen molar-refractivity contribution in [2.24, 2.45) is 0 Å². The zero-order chi connectivity index (χ0) is 13.4. The number of rotatable bonds is 7. The van der Waals surface area contributed by atoms with Crippen molar-refractivity contribution in [1.29, 1.82) is 0 Å². The number of hydrogen-bond acceptors (Lipinski definition) is 3. The van der Waals surface area contributed by atoms with E-state index in [9.17, 15) is 9.59 Å². The Kier molecular flexibility index (Phi) is 6.28. The molecular formula is C13H17NO3S. The Bertz CT molecular complexity index is 403. The highest BCUT2D eigenvalue weighted by molar-refractivity contribution is 7.99. The molecule has 0 spiro atoms. The third kappa shape index (κ3) is 6.30. The fourth-order valence-corrected chi connectivity index (χ4v) is 2.32. The average Bonchev–Trinajstić information content (AvgIpc) is 2.30. The minimum Gasteiger partial charge on any atom is -0.481 e. The summed E-state index contributed by atoms with van der Waals surface area (Å²) in [4.78, 5) is 22.3. The van der Waals surface area contributed by atoms with Gasteiger partial charge < -0.3 is 10.4 Å². The number of amides is 1. The molecular weight excluding hydrogens is 250 g/mol. The number of carboxylic acid groups (broad SMARTS) is 1. The summed E-state index contributed by atoms with van der Waals surface area (Å²) >= 11 is 1.69. The van der Waals surface area contributed by atoms with Crippen LogP contribution in [0.3, 0.4) is 0 Å². The molecule has 1 amide bonds. The van der Waals surface area contributed by atoms with Gasteiger partial charge in [0.15, 0.2) is 0 Å². The van der Waals surface area contributed by atoms with E-state index in [2.05, 4.69) is 5.32 Å². The Morgan fingerprint density at radius 2 is 1.89 bits per heavy atom. The van der Waals surface area contributed by atoms with Crippen LogP contribution in [0.2, 0.25) is 0 Å². The zero-order valence-electron chi connectivity index (χ0n) is 10.3. The Balaban J connectivity index is 2.26. The standard InChI is InChI=1S/C13H17NO3S/c1-10(15)14-11-5-7-12(8-6-11)18-9-3-2-4-13(16)17/h5-8H,2-4,9H2,1H3,(H,14,15)(H,16,17). The second-order valence-corrected chi connectivity index (χ2v) is 5.07. The lowest BCUT2D eigenvalue weighted by molar-refractivity contribution is -0.137. The van der Waals surface area contributed by atoms with Gasteiger partial charge in [0.2, 0.25) is 5.91 Å². The average molecular weight is 267 g/mol. The minimum absolute atomic E-state index is 0.0796. The van der Waals surface area contributed by atoms with Crippen LogP contribution in [0.4, 0.5) is 5.69 Å². The van der Waals surface area contributed by atoms with Gasteiger partial charge in [0.1, 0.15) is 0 Å². The number of benzene rings is 1. The Morgan fingerprint density at radius 1 is 1.22 bits per heavy atom. The first-order valence-electron chi connectivity index (χ1n) is 5.80. The number of anilines is 1. The predicted octanol–water partition coefficient (Wildman–Crippen LogP) is 2.99. The number of carboxylic acids is 1. The summed E-state index contributed by atoms with van der Waals surface area (Å²) < 4.78 is 0. The molecule has 18 heavy (non-hydrogen) atoms. The van der Waals surface area contributed by atoms with Crippen molar-refractivity contribution in [2.75, 3.05) is 11.1 Å². The summed E-state index contributed by atoms with van der Waals surface area (Å²) in [6, 6.07) is 7.63. The van der Waals surface area contributed by atoms with E-state index in [0.29, 0.717) is 6.42 Å². The van der Waals surface area contributed by atoms with Crippen LogP contribution in [-0.4, -0.2) is 22.7 Å². The van der Waals surface area contributed by atoms with E-state index in [1.807, 2.05) is 24.3 Å². The maximum atomic E-state index is 10.8. The van der Waals surface area contributed by atoms with E-state index in [-0.39, 0.29) is 12.3 Å². The maximum Gasteiger partial charge on any atom is 0.303 e. The van der Waals surface area contributed by atoms with Crippen LogP contribution in [0.25, 0.3) is 0 Å². The molecule has 0 aliphatic heterocycles. The molecule has 1 rings (SSSR count). The van der Waals surface area contributed by atoms with Gasteiger partial charge in [0, 0.05) is 23.9 Å². The van der Waals surface area contributed by atoms with E-state index in [1.54, 1.807) is 11.8 Å². The summed E-state index contributed by atoms with van der Waals surface area (Å²) in [6.45, 7) is 1.48. The fraction of sp³-hybridized carbons (Fsp3) is 0.385. The first-order valence-corrected chi connectivity index (χ1v) is 6.79. The van der Waals surface area contributed by atoms with E-state index in [4.69, 9.17) is 5.11 Å². The van der Waals surface area contributed by atoms with Crippen molar-refractivity contribution in [3.8, 4) is 0 Å². The molecule has 0 saturated heterocycles. The first kappa shape index (κ1) is 14.6. The molecule has 0 saturated carbocycles. The third-order valence-electron chi connectivity index (χ3n) is 2.23. The Morgan fingerprint density at radius 3 is 2.44 bits per heavy atom. The van der Waals surface area contributed by atoms with Gasteiger partial charge in [-0.2, -0.15) is 0 Å². The third-order valence-corrected chi connectivity index (χ3v) is 3.33. The molecule has 0 atom stereocenters. The van der Waals surface area contributed by atoms with Crippen molar-refractivity contribution in [2.45, 2.75) is 31.1 Å². The summed E-state index contributed by atoms with van der Waals surface area (Å²) in [5.41, 5.74) is 0.790. The Hall–Kier alpha value is -1.49. The lowest BCUT2D eigenvalue weighted by Crippen LogP contribution is -2.05. The maximum absolute atomic E-state index is 10.8. The normalized spacial score (nSPS) is 10.1. The molecule has 5 heteroatoms. The molecule has 1 aromatic rings. The number of nitrogens with one attached hydrogen (secondary N) is 1. The van der Waals surface area contributed by atoms with Crippen LogP contribution >= 0.6 is 11.8 Å². The van der Waals surface area contributed by atoms with Gasteiger partial charge in [0.05, 0.1) is 0 Å². The minimum atomic E-state index is -0.736. The summed E-state index contributed by atoms with van der Waals surface area (Å²) in [5, 5.41) is 11.2. The number of aliphatic carboxylic acids is 1. The van der Waals surface area contributed by atoms with Crippen LogP contribution in [0.1, 0.15) is 26.2 Å². The fourth-order valence-electron chi connectivity index (χ4n) is 1.41. The molecule has 0 aliphatic carbocycles. The first-order chi connectivity index (χ1) is 8.58. The highest BCUT2D eigenvalue weighted by Gasteiger charge is 1.99. The van der Waals surface area contributed by atoms with E-state index < -0.39 is 5.97 Å². The van der Waals surface area contributed by atoms with Gasteiger partial charge in [-0.05, 0) is 42.9 Å². The second kappa shape index (κ2) is 7.76. The summed E-state index contributed by atoms with van der Waals surface area (Å²) in [6.07, 6.45) is 1.85. The van der Waals surface area contributed by atoms with Crippen LogP contribution in [0, 0.1) is 0 Å². The second-order valence-electron chi connectivity index (χ2n) is 3.90. The molecule has 0 radical (unpaired) electrons. The molecule has 0 heterocycles. The molecule has 98 valence electrons. The van der Waals surface area contributed by atoms with Crippen LogP contribution in [0.5, 0.6) is 0 Å². The van der Waals surface area contributed by atoms with Crippen molar-refractivity contribution in [1.82, 2.24) is 0 Å². The van der Waals surface area contributed by atoms with E-state index in [0.717, 1.165) is 22.8 Å². The van der Waals surface area contributed by atoms with Gasteiger partial charge >= 0.3 is 5.97 Å². The highest BCUT2D eigenvalue weighted by Crippen LogP contribution is 2.21.